The van der Waals surface area contributed by atoms with Gasteiger partial charge in [-0.1, -0.05) is 6.07 Å². The lowest BCUT2D eigenvalue weighted by atomic mass is 10.2. The SMILES string of the molecule is CCNC(=NCCc1csc(N2CCCC2)n1)NC1CCN(c2c(F)cccc2F)C1. The molecule has 6 nitrogen and oxygen atoms in total. The number of aliphatic imine (C=N–C) groups is 1. The lowest BCUT2D eigenvalue weighted by Gasteiger charge is -2.21. The van der Waals surface area contributed by atoms with E-state index in [1.165, 1.54) is 31.0 Å². The molecule has 1 atom stereocenters. The smallest absolute Gasteiger partial charge is 0.191 e. The third-order valence-corrected chi connectivity index (χ3v) is 6.63. The van der Waals surface area contributed by atoms with Crippen LogP contribution in [-0.2, 0) is 6.42 Å². The highest BCUT2D eigenvalue weighted by molar-refractivity contribution is 7.13. The van der Waals surface area contributed by atoms with E-state index < -0.39 is 11.6 Å². The van der Waals surface area contributed by atoms with Gasteiger partial charge in [-0.3, -0.25) is 4.99 Å². The van der Waals surface area contributed by atoms with Crippen molar-refractivity contribution in [3.05, 3.63) is 40.9 Å². The van der Waals surface area contributed by atoms with Gasteiger partial charge in [-0.25, -0.2) is 13.8 Å². The molecule has 1 unspecified atom stereocenters. The predicted octanol–water partition coefficient (Wildman–Crippen LogP) is 3.40. The van der Waals surface area contributed by atoms with Crippen molar-refractivity contribution in [1.82, 2.24) is 15.6 Å². The number of rotatable bonds is 7. The number of nitrogens with one attached hydrogen (secondary N) is 2. The van der Waals surface area contributed by atoms with Gasteiger partial charge in [0.1, 0.15) is 17.3 Å². The predicted molar refractivity (Wildman–Crippen MR) is 123 cm³/mol. The van der Waals surface area contributed by atoms with Crippen molar-refractivity contribution in [2.24, 2.45) is 4.99 Å². The minimum atomic E-state index is -0.516. The van der Waals surface area contributed by atoms with Gasteiger partial charge in [0.05, 0.1) is 5.69 Å². The van der Waals surface area contributed by atoms with Crippen LogP contribution in [0.15, 0.2) is 28.6 Å². The third kappa shape index (κ3) is 5.44. The average Bonchev–Trinajstić information content (AvgIpc) is 3.50. The standard InChI is InChI=1S/C22H30F2N6S/c1-2-25-21(26-10-8-17-15-31-22(28-17)29-11-3-4-12-29)27-16-9-13-30(14-16)20-18(23)6-5-7-19(20)24/h5-7,15-16H,2-4,8-14H2,1H3,(H2,25,26,27). The van der Waals surface area contributed by atoms with E-state index in [0.717, 1.165) is 49.3 Å². The van der Waals surface area contributed by atoms with Crippen LogP contribution >= 0.6 is 11.3 Å². The quantitative estimate of drug-likeness (QED) is 0.502. The summed E-state index contributed by atoms with van der Waals surface area (Å²) < 4.78 is 28.2. The number of hydrogen-bond donors (Lipinski definition) is 2. The monoisotopic (exact) mass is 448 g/mol. The lowest BCUT2D eigenvalue weighted by molar-refractivity contribution is 0.576. The topological polar surface area (TPSA) is 55.8 Å². The zero-order chi connectivity index (χ0) is 21.6. The Morgan fingerprint density at radius 1 is 1.19 bits per heavy atom. The molecule has 0 bridgehead atoms. The molecule has 2 N–H and O–H groups in total. The number of guanidine groups is 1. The molecule has 0 spiro atoms. The van der Waals surface area contributed by atoms with E-state index in [1.54, 1.807) is 16.2 Å². The Bertz CT molecular complexity index is 876. The molecular formula is C22H30F2N6S. The van der Waals surface area contributed by atoms with E-state index in [2.05, 4.69) is 20.9 Å². The number of nitrogens with zero attached hydrogens (tertiary/aromatic N) is 4. The molecule has 0 aliphatic carbocycles. The van der Waals surface area contributed by atoms with Crippen molar-refractivity contribution >= 4 is 28.1 Å². The molecule has 4 rings (SSSR count). The lowest BCUT2D eigenvalue weighted by Crippen LogP contribution is -2.44. The van der Waals surface area contributed by atoms with E-state index in [4.69, 9.17) is 9.98 Å². The highest BCUT2D eigenvalue weighted by Crippen LogP contribution is 2.27. The normalized spacial score (nSPS) is 19.3. The van der Waals surface area contributed by atoms with E-state index >= 15 is 0 Å². The molecule has 168 valence electrons. The van der Waals surface area contributed by atoms with Crippen molar-refractivity contribution in [3.8, 4) is 0 Å². The summed E-state index contributed by atoms with van der Waals surface area (Å²) in [6.45, 7) is 6.76. The minimum absolute atomic E-state index is 0.0612. The number of thiazole rings is 1. The highest BCUT2D eigenvalue weighted by atomic mass is 32.1. The van der Waals surface area contributed by atoms with Crippen LogP contribution in [0, 0.1) is 11.6 Å². The number of benzene rings is 1. The Kier molecular flexibility index (Phi) is 7.21. The van der Waals surface area contributed by atoms with Crippen LogP contribution in [0.4, 0.5) is 19.6 Å². The van der Waals surface area contributed by atoms with Gasteiger partial charge in [0.25, 0.3) is 0 Å². The summed E-state index contributed by atoms with van der Waals surface area (Å²) in [6.07, 6.45) is 4.08. The molecule has 1 aromatic carbocycles. The second-order valence-corrected chi connectivity index (χ2v) is 8.81. The first kappa shape index (κ1) is 21.8. The van der Waals surface area contributed by atoms with Gasteiger partial charge in [0, 0.05) is 57.1 Å². The van der Waals surface area contributed by atoms with Crippen molar-refractivity contribution in [3.63, 3.8) is 0 Å². The van der Waals surface area contributed by atoms with Gasteiger partial charge < -0.3 is 20.4 Å². The second-order valence-electron chi connectivity index (χ2n) is 7.97. The van der Waals surface area contributed by atoms with Crippen LogP contribution < -0.4 is 20.4 Å². The Labute approximate surface area is 186 Å². The largest absolute Gasteiger partial charge is 0.365 e. The van der Waals surface area contributed by atoms with Crippen LogP contribution in [0.5, 0.6) is 0 Å². The number of para-hydroxylation sites is 1. The fourth-order valence-electron chi connectivity index (χ4n) is 4.13. The Hall–Kier alpha value is -2.42. The highest BCUT2D eigenvalue weighted by Gasteiger charge is 2.27. The molecule has 0 radical (unpaired) electrons. The van der Waals surface area contributed by atoms with E-state index in [-0.39, 0.29) is 11.7 Å². The van der Waals surface area contributed by atoms with Crippen LogP contribution in [0.25, 0.3) is 0 Å². The molecule has 0 amide bonds. The first-order chi connectivity index (χ1) is 15.1. The first-order valence-corrected chi connectivity index (χ1v) is 11.9. The molecule has 9 heteroatoms. The van der Waals surface area contributed by atoms with Gasteiger partial charge in [0.15, 0.2) is 11.1 Å². The number of halogens is 2. The zero-order valence-corrected chi connectivity index (χ0v) is 18.7. The van der Waals surface area contributed by atoms with Crippen molar-refractivity contribution < 1.29 is 8.78 Å². The van der Waals surface area contributed by atoms with Crippen LogP contribution in [0.2, 0.25) is 0 Å². The summed E-state index contributed by atoms with van der Waals surface area (Å²) in [5, 5.41) is 9.93. The summed E-state index contributed by atoms with van der Waals surface area (Å²) in [4.78, 5) is 13.6. The second kappa shape index (κ2) is 10.3. The molecular weight excluding hydrogens is 418 g/mol. The number of aromatic nitrogens is 1. The van der Waals surface area contributed by atoms with Gasteiger partial charge in [-0.2, -0.15) is 0 Å². The average molecular weight is 449 g/mol. The molecule has 2 saturated heterocycles. The van der Waals surface area contributed by atoms with Gasteiger partial charge in [-0.15, -0.1) is 11.3 Å². The molecule has 2 aromatic rings. The number of hydrogen-bond acceptors (Lipinski definition) is 5. The fraction of sp³-hybridized carbons (Fsp3) is 0.545. The Morgan fingerprint density at radius 2 is 1.97 bits per heavy atom. The molecule has 31 heavy (non-hydrogen) atoms. The maximum atomic E-state index is 14.1. The minimum Gasteiger partial charge on any atom is -0.365 e. The fourth-order valence-corrected chi connectivity index (χ4v) is 5.05. The maximum Gasteiger partial charge on any atom is 0.191 e. The molecule has 1 aromatic heterocycles. The molecule has 2 aliphatic heterocycles. The number of anilines is 2. The molecule has 0 saturated carbocycles. The summed E-state index contributed by atoms with van der Waals surface area (Å²) in [7, 11) is 0. The Morgan fingerprint density at radius 3 is 2.71 bits per heavy atom. The van der Waals surface area contributed by atoms with Crippen LogP contribution in [0.3, 0.4) is 0 Å². The van der Waals surface area contributed by atoms with Crippen molar-refractivity contribution in [2.75, 3.05) is 49.1 Å². The maximum absolute atomic E-state index is 14.1. The zero-order valence-electron chi connectivity index (χ0n) is 17.9. The van der Waals surface area contributed by atoms with Gasteiger partial charge >= 0.3 is 0 Å². The van der Waals surface area contributed by atoms with E-state index in [0.29, 0.717) is 19.6 Å². The summed E-state index contributed by atoms with van der Waals surface area (Å²) in [5.41, 5.74) is 1.14. The van der Waals surface area contributed by atoms with Gasteiger partial charge in [0.2, 0.25) is 0 Å². The van der Waals surface area contributed by atoms with Crippen molar-refractivity contribution in [2.45, 2.75) is 38.6 Å². The van der Waals surface area contributed by atoms with Crippen LogP contribution in [0.1, 0.15) is 31.9 Å². The van der Waals surface area contributed by atoms with Crippen molar-refractivity contribution in [1.29, 1.82) is 0 Å². The first-order valence-electron chi connectivity index (χ1n) is 11.1. The molecule has 2 aliphatic rings. The molecule has 3 heterocycles. The van der Waals surface area contributed by atoms with Gasteiger partial charge in [-0.05, 0) is 38.3 Å². The van der Waals surface area contributed by atoms with Crippen LogP contribution in [-0.4, -0.2) is 56.3 Å². The summed E-state index contributed by atoms with van der Waals surface area (Å²) in [6, 6.07) is 4.08. The van der Waals surface area contributed by atoms with E-state index in [1.807, 2.05) is 6.92 Å². The summed E-state index contributed by atoms with van der Waals surface area (Å²) in [5.74, 6) is -0.297. The Balaban J connectivity index is 1.31. The van der Waals surface area contributed by atoms with E-state index in [9.17, 15) is 8.78 Å². The molecule has 2 fully saturated rings. The summed E-state index contributed by atoms with van der Waals surface area (Å²) >= 11 is 1.71. The third-order valence-electron chi connectivity index (χ3n) is 5.68.